The van der Waals surface area contributed by atoms with Gasteiger partial charge in [-0.3, -0.25) is 4.79 Å². The number of likely N-dealkylation sites (N-methyl/N-ethyl adjacent to an activating group) is 1. The highest BCUT2D eigenvalue weighted by Gasteiger charge is 2.27. The Morgan fingerprint density at radius 1 is 1.55 bits per heavy atom. The molecule has 0 aliphatic carbocycles. The molecular formula is C14H21FN4O. The molecule has 1 N–H and O–H groups in total. The van der Waals surface area contributed by atoms with Crippen LogP contribution in [-0.2, 0) is 0 Å². The van der Waals surface area contributed by atoms with Crippen LogP contribution in [0.1, 0.15) is 24.2 Å². The first-order chi connectivity index (χ1) is 9.54. The van der Waals surface area contributed by atoms with Crippen molar-refractivity contribution in [1.82, 2.24) is 14.8 Å². The number of carbonyl (C=O) groups is 1. The predicted octanol–water partition coefficient (Wildman–Crippen LogP) is 1.43. The Labute approximate surface area is 118 Å². The molecule has 1 aliphatic heterocycles. The van der Waals surface area contributed by atoms with Gasteiger partial charge >= 0.3 is 0 Å². The summed E-state index contributed by atoms with van der Waals surface area (Å²) in [6.45, 7) is 6.53. The van der Waals surface area contributed by atoms with E-state index in [1.807, 2.05) is 14.0 Å². The van der Waals surface area contributed by atoms with Crippen LogP contribution < -0.4 is 5.32 Å². The number of hydrogen-bond acceptors (Lipinski definition) is 4. The van der Waals surface area contributed by atoms with Gasteiger partial charge in [0.25, 0.3) is 5.91 Å². The minimum absolute atomic E-state index is 0.0905. The number of aromatic nitrogens is 1. The number of hydrogen-bond donors (Lipinski definition) is 1. The first kappa shape index (κ1) is 14.7. The van der Waals surface area contributed by atoms with Crippen molar-refractivity contribution < 1.29 is 9.18 Å². The van der Waals surface area contributed by atoms with Crippen molar-refractivity contribution in [3.8, 4) is 0 Å². The van der Waals surface area contributed by atoms with Crippen LogP contribution in [0.25, 0.3) is 0 Å². The van der Waals surface area contributed by atoms with Crippen molar-refractivity contribution >= 4 is 11.7 Å². The molecule has 1 atom stereocenters. The van der Waals surface area contributed by atoms with E-state index >= 15 is 0 Å². The van der Waals surface area contributed by atoms with Gasteiger partial charge in [0.05, 0.1) is 5.56 Å². The standard InChI is InChI=1S/C14H21FN4O/c1-4-16-13-12(15)11(5-6-17-13)14(20)19-8-7-18(3)10(2)9-19/h5-6,10H,4,7-9H2,1-3H3,(H,16,17). The molecule has 0 saturated carbocycles. The molecule has 110 valence electrons. The second kappa shape index (κ2) is 6.17. The van der Waals surface area contributed by atoms with Gasteiger partial charge in [0.2, 0.25) is 0 Å². The molecule has 0 radical (unpaired) electrons. The molecule has 1 saturated heterocycles. The number of nitrogens with one attached hydrogen (secondary N) is 1. The van der Waals surface area contributed by atoms with Crippen molar-refractivity contribution in [2.75, 3.05) is 38.5 Å². The van der Waals surface area contributed by atoms with Crippen LogP contribution in [0.15, 0.2) is 12.3 Å². The zero-order valence-corrected chi connectivity index (χ0v) is 12.2. The largest absolute Gasteiger partial charge is 0.368 e. The van der Waals surface area contributed by atoms with E-state index in [2.05, 4.69) is 22.1 Å². The van der Waals surface area contributed by atoms with Crippen molar-refractivity contribution in [1.29, 1.82) is 0 Å². The van der Waals surface area contributed by atoms with Crippen molar-refractivity contribution in [3.63, 3.8) is 0 Å². The second-order valence-electron chi connectivity index (χ2n) is 5.13. The highest BCUT2D eigenvalue weighted by molar-refractivity contribution is 5.95. The van der Waals surface area contributed by atoms with Gasteiger partial charge < -0.3 is 15.1 Å². The average molecular weight is 280 g/mol. The van der Waals surface area contributed by atoms with Gasteiger partial charge in [-0.05, 0) is 27.0 Å². The van der Waals surface area contributed by atoms with Gasteiger partial charge in [0.1, 0.15) is 0 Å². The van der Waals surface area contributed by atoms with E-state index in [0.29, 0.717) is 19.6 Å². The monoisotopic (exact) mass is 280 g/mol. The quantitative estimate of drug-likeness (QED) is 0.910. The van der Waals surface area contributed by atoms with Crippen LogP contribution >= 0.6 is 0 Å². The Bertz CT molecular complexity index is 494. The number of nitrogens with zero attached hydrogens (tertiary/aromatic N) is 3. The summed E-state index contributed by atoms with van der Waals surface area (Å²) >= 11 is 0. The third-order valence-electron chi connectivity index (χ3n) is 3.71. The molecular weight excluding hydrogens is 259 g/mol. The summed E-state index contributed by atoms with van der Waals surface area (Å²) in [5, 5.41) is 2.82. The van der Waals surface area contributed by atoms with Gasteiger partial charge in [0.15, 0.2) is 11.6 Å². The molecule has 1 fully saturated rings. The van der Waals surface area contributed by atoms with Crippen molar-refractivity contribution in [3.05, 3.63) is 23.6 Å². The maximum absolute atomic E-state index is 14.3. The van der Waals surface area contributed by atoms with Crippen molar-refractivity contribution in [2.45, 2.75) is 19.9 Å². The van der Waals surface area contributed by atoms with E-state index in [0.717, 1.165) is 6.54 Å². The lowest BCUT2D eigenvalue weighted by atomic mass is 10.1. The molecule has 6 heteroatoms. The molecule has 2 heterocycles. The minimum atomic E-state index is -0.564. The second-order valence-corrected chi connectivity index (χ2v) is 5.13. The Kier molecular flexibility index (Phi) is 4.54. The smallest absolute Gasteiger partial charge is 0.257 e. The number of halogens is 1. The Hall–Kier alpha value is -1.69. The van der Waals surface area contributed by atoms with Crippen LogP contribution in [0.4, 0.5) is 10.2 Å². The van der Waals surface area contributed by atoms with E-state index in [-0.39, 0.29) is 23.3 Å². The molecule has 1 aliphatic rings. The number of piperazine rings is 1. The normalized spacial score (nSPS) is 20.0. The van der Waals surface area contributed by atoms with Gasteiger partial charge in [0, 0.05) is 38.4 Å². The molecule has 2 rings (SSSR count). The lowest BCUT2D eigenvalue weighted by Gasteiger charge is -2.37. The van der Waals surface area contributed by atoms with Gasteiger partial charge in [-0.25, -0.2) is 9.37 Å². The highest BCUT2D eigenvalue weighted by atomic mass is 19.1. The van der Waals surface area contributed by atoms with E-state index in [4.69, 9.17) is 0 Å². The Morgan fingerprint density at radius 3 is 2.95 bits per heavy atom. The van der Waals surface area contributed by atoms with E-state index in [1.54, 1.807) is 4.90 Å². The van der Waals surface area contributed by atoms with Crippen LogP contribution in [-0.4, -0.2) is 60.0 Å². The number of rotatable bonds is 3. The van der Waals surface area contributed by atoms with Crippen LogP contribution in [0.5, 0.6) is 0 Å². The molecule has 0 spiro atoms. The first-order valence-electron chi connectivity index (χ1n) is 6.92. The lowest BCUT2D eigenvalue weighted by molar-refractivity contribution is 0.0568. The molecule has 1 aromatic rings. The third kappa shape index (κ3) is 2.90. The summed E-state index contributed by atoms with van der Waals surface area (Å²) in [7, 11) is 2.03. The maximum Gasteiger partial charge on any atom is 0.257 e. The zero-order chi connectivity index (χ0) is 14.7. The van der Waals surface area contributed by atoms with Gasteiger partial charge in [-0.15, -0.1) is 0 Å². The molecule has 0 bridgehead atoms. The molecule has 1 unspecified atom stereocenters. The highest BCUT2D eigenvalue weighted by Crippen LogP contribution is 2.18. The molecule has 0 aromatic carbocycles. The maximum atomic E-state index is 14.3. The van der Waals surface area contributed by atoms with Gasteiger partial charge in [-0.2, -0.15) is 0 Å². The van der Waals surface area contributed by atoms with Crippen molar-refractivity contribution in [2.24, 2.45) is 0 Å². The average Bonchev–Trinajstić information content (AvgIpc) is 2.44. The SMILES string of the molecule is CCNc1nccc(C(=O)N2CCN(C)C(C)C2)c1F. The molecule has 20 heavy (non-hydrogen) atoms. The minimum Gasteiger partial charge on any atom is -0.368 e. The lowest BCUT2D eigenvalue weighted by Crippen LogP contribution is -2.52. The number of amides is 1. The summed E-state index contributed by atoms with van der Waals surface area (Å²) in [5.41, 5.74) is 0.0905. The van der Waals surface area contributed by atoms with Crippen LogP contribution in [0, 0.1) is 5.82 Å². The Balaban J connectivity index is 2.19. The Morgan fingerprint density at radius 2 is 2.30 bits per heavy atom. The summed E-state index contributed by atoms with van der Waals surface area (Å²) in [5.74, 6) is -0.685. The fraction of sp³-hybridized carbons (Fsp3) is 0.571. The van der Waals surface area contributed by atoms with Crippen LogP contribution in [0.3, 0.4) is 0 Å². The van der Waals surface area contributed by atoms with E-state index in [9.17, 15) is 9.18 Å². The molecule has 1 aromatic heterocycles. The summed E-state index contributed by atoms with van der Waals surface area (Å²) in [4.78, 5) is 20.3. The first-order valence-corrected chi connectivity index (χ1v) is 6.92. The topological polar surface area (TPSA) is 48.5 Å². The summed E-state index contributed by atoms with van der Waals surface area (Å²) in [6.07, 6.45) is 1.47. The zero-order valence-electron chi connectivity index (χ0n) is 12.2. The molecule has 1 amide bonds. The number of pyridine rings is 1. The van der Waals surface area contributed by atoms with Crippen LogP contribution in [0.2, 0.25) is 0 Å². The summed E-state index contributed by atoms with van der Waals surface area (Å²) < 4.78 is 14.3. The van der Waals surface area contributed by atoms with Gasteiger partial charge in [-0.1, -0.05) is 0 Å². The number of carbonyl (C=O) groups excluding carboxylic acids is 1. The molecule has 5 nitrogen and oxygen atoms in total. The summed E-state index contributed by atoms with van der Waals surface area (Å²) in [6, 6.07) is 1.73. The van der Waals surface area contributed by atoms with E-state index < -0.39 is 5.82 Å². The fourth-order valence-corrected chi connectivity index (χ4v) is 2.30. The number of anilines is 1. The third-order valence-corrected chi connectivity index (χ3v) is 3.71. The predicted molar refractivity (Wildman–Crippen MR) is 76.4 cm³/mol. The van der Waals surface area contributed by atoms with E-state index in [1.165, 1.54) is 12.3 Å². The fourth-order valence-electron chi connectivity index (χ4n) is 2.30.